The number of carbonyl (C=O) groups excluding carboxylic acids is 1. The van der Waals surface area contributed by atoms with E-state index in [1.165, 1.54) is 23.5 Å². The van der Waals surface area contributed by atoms with Gasteiger partial charge in [0.25, 0.3) is 0 Å². The van der Waals surface area contributed by atoms with E-state index in [1.54, 1.807) is 12.1 Å². The summed E-state index contributed by atoms with van der Waals surface area (Å²) in [5, 5.41) is 4.11. The second-order valence-electron chi connectivity index (χ2n) is 6.15. The lowest BCUT2D eigenvalue weighted by Crippen LogP contribution is -2.15. The highest BCUT2D eigenvalue weighted by molar-refractivity contribution is 7.99. The summed E-state index contributed by atoms with van der Waals surface area (Å²) in [6, 6.07) is 21.6. The van der Waals surface area contributed by atoms with Gasteiger partial charge in [0.1, 0.15) is 5.82 Å². The van der Waals surface area contributed by atoms with E-state index in [0.717, 1.165) is 16.2 Å². The molecule has 0 saturated carbocycles. The number of hydrogen-bond donors (Lipinski definition) is 1. The van der Waals surface area contributed by atoms with Crippen LogP contribution in [-0.2, 0) is 11.3 Å². The molecular formula is C21H17ClN4OS. The molecule has 0 spiro atoms. The SMILES string of the molecule is O=C(CSc1nc2ccccc2n1Cc1ccccc1)Nc1ccc(Cl)cn1. The normalized spacial score (nSPS) is 10.9. The van der Waals surface area contributed by atoms with E-state index in [2.05, 4.69) is 27.0 Å². The second-order valence-corrected chi connectivity index (χ2v) is 7.53. The number of amides is 1. The number of thioether (sulfide) groups is 1. The topological polar surface area (TPSA) is 59.8 Å². The van der Waals surface area contributed by atoms with Gasteiger partial charge in [-0.1, -0.05) is 65.8 Å². The van der Waals surface area contributed by atoms with Crippen LogP contribution < -0.4 is 5.32 Å². The third kappa shape index (κ3) is 4.35. The number of hydrogen-bond acceptors (Lipinski definition) is 4. The maximum absolute atomic E-state index is 12.3. The number of imidazole rings is 1. The Balaban J connectivity index is 1.52. The van der Waals surface area contributed by atoms with Crippen LogP contribution in [0.3, 0.4) is 0 Å². The Labute approximate surface area is 171 Å². The Morgan fingerprint density at radius 1 is 1.04 bits per heavy atom. The van der Waals surface area contributed by atoms with Gasteiger partial charge in [-0.05, 0) is 29.8 Å². The number of nitrogens with one attached hydrogen (secondary N) is 1. The van der Waals surface area contributed by atoms with Gasteiger partial charge in [-0.2, -0.15) is 0 Å². The van der Waals surface area contributed by atoms with Crippen LogP contribution in [0, 0.1) is 0 Å². The van der Waals surface area contributed by atoms with E-state index in [4.69, 9.17) is 16.6 Å². The number of rotatable bonds is 6. The number of aromatic nitrogens is 3. The lowest BCUT2D eigenvalue weighted by atomic mass is 10.2. The molecule has 4 aromatic rings. The minimum atomic E-state index is -0.141. The summed E-state index contributed by atoms with van der Waals surface area (Å²) in [5.74, 6) is 0.577. The van der Waals surface area contributed by atoms with Crippen molar-refractivity contribution in [3.8, 4) is 0 Å². The van der Waals surface area contributed by atoms with Gasteiger partial charge in [0.2, 0.25) is 5.91 Å². The molecule has 0 aliphatic heterocycles. The number of benzene rings is 2. The Morgan fingerprint density at radius 3 is 2.61 bits per heavy atom. The highest BCUT2D eigenvalue weighted by Gasteiger charge is 2.13. The smallest absolute Gasteiger partial charge is 0.236 e. The lowest BCUT2D eigenvalue weighted by Gasteiger charge is -2.09. The van der Waals surface area contributed by atoms with Crippen LogP contribution >= 0.6 is 23.4 Å². The van der Waals surface area contributed by atoms with Gasteiger partial charge < -0.3 is 9.88 Å². The molecule has 0 bridgehead atoms. The van der Waals surface area contributed by atoms with E-state index >= 15 is 0 Å². The zero-order valence-electron chi connectivity index (χ0n) is 14.9. The van der Waals surface area contributed by atoms with Gasteiger partial charge in [-0.25, -0.2) is 9.97 Å². The minimum absolute atomic E-state index is 0.141. The van der Waals surface area contributed by atoms with Crippen LogP contribution in [0.15, 0.2) is 78.1 Å². The molecule has 2 aromatic heterocycles. The lowest BCUT2D eigenvalue weighted by molar-refractivity contribution is -0.113. The van der Waals surface area contributed by atoms with Crippen LogP contribution in [0.2, 0.25) is 5.02 Å². The average Bonchev–Trinajstić information content (AvgIpc) is 3.06. The summed E-state index contributed by atoms with van der Waals surface area (Å²) < 4.78 is 2.14. The Kier molecular flexibility index (Phi) is 5.60. The van der Waals surface area contributed by atoms with Crippen molar-refractivity contribution >= 4 is 46.1 Å². The van der Waals surface area contributed by atoms with E-state index in [0.29, 0.717) is 17.4 Å². The average molecular weight is 409 g/mol. The summed E-state index contributed by atoms with van der Waals surface area (Å²) in [6.07, 6.45) is 1.50. The summed E-state index contributed by atoms with van der Waals surface area (Å²) in [6.45, 7) is 0.698. The number of halogens is 1. The molecule has 1 amide bonds. The molecule has 28 heavy (non-hydrogen) atoms. The van der Waals surface area contributed by atoms with Gasteiger partial charge in [-0.15, -0.1) is 0 Å². The van der Waals surface area contributed by atoms with Gasteiger partial charge in [-0.3, -0.25) is 4.79 Å². The molecule has 2 heterocycles. The Morgan fingerprint density at radius 2 is 1.82 bits per heavy atom. The van der Waals surface area contributed by atoms with Crippen LogP contribution in [0.5, 0.6) is 0 Å². The molecule has 0 aliphatic rings. The molecule has 4 rings (SSSR count). The number of fused-ring (bicyclic) bond motifs is 1. The van der Waals surface area contributed by atoms with Gasteiger partial charge in [0, 0.05) is 6.20 Å². The zero-order chi connectivity index (χ0) is 19.3. The van der Waals surface area contributed by atoms with Crippen molar-refractivity contribution in [1.82, 2.24) is 14.5 Å². The first kappa shape index (κ1) is 18.5. The molecule has 140 valence electrons. The van der Waals surface area contributed by atoms with Crippen LogP contribution in [0.4, 0.5) is 5.82 Å². The highest BCUT2D eigenvalue weighted by atomic mass is 35.5. The molecule has 0 unspecified atom stereocenters. The Bertz CT molecular complexity index is 1100. The summed E-state index contributed by atoms with van der Waals surface area (Å²) in [7, 11) is 0. The standard InChI is InChI=1S/C21H17ClN4OS/c22-16-10-11-19(23-12-16)25-20(27)14-28-21-24-17-8-4-5-9-18(17)26(21)13-15-6-2-1-3-7-15/h1-12H,13-14H2,(H,23,25,27). The van der Waals surface area contributed by atoms with Crippen molar-refractivity contribution in [3.05, 3.63) is 83.5 Å². The quantitative estimate of drug-likeness (QED) is 0.462. The van der Waals surface area contributed by atoms with Crippen molar-refractivity contribution in [3.63, 3.8) is 0 Å². The first-order valence-electron chi connectivity index (χ1n) is 8.72. The van der Waals surface area contributed by atoms with Crippen LogP contribution in [0.25, 0.3) is 11.0 Å². The van der Waals surface area contributed by atoms with Crippen molar-refractivity contribution in [2.75, 3.05) is 11.1 Å². The molecule has 0 atom stereocenters. The second kappa shape index (κ2) is 8.46. The molecule has 0 saturated heterocycles. The molecule has 0 aliphatic carbocycles. The number of pyridine rings is 1. The number of para-hydroxylation sites is 2. The molecule has 5 nitrogen and oxygen atoms in total. The first-order chi connectivity index (χ1) is 13.7. The van der Waals surface area contributed by atoms with E-state index in [-0.39, 0.29) is 11.7 Å². The predicted octanol–water partition coefficient (Wildman–Crippen LogP) is 4.86. The summed E-state index contributed by atoms with van der Waals surface area (Å²) >= 11 is 7.23. The Hall–Kier alpha value is -2.83. The molecule has 0 radical (unpaired) electrons. The molecule has 2 aromatic carbocycles. The van der Waals surface area contributed by atoms with E-state index < -0.39 is 0 Å². The first-order valence-corrected chi connectivity index (χ1v) is 10.1. The monoisotopic (exact) mass is 408 g/mol. The van der Waals surface area contributed by atoms with E-state index in [1.807, 2.05) is 42.5 Å². The molecule has 7 heteroatoms. The summed E-state index contributed by atoms with van der Waals surface area (Å²) in [5.41, 5.74) is 3.15. The van der Waals surface area contributed by atoms with Crippen LogP contribution in [-0.4, -0.2) is 26.2 Å². The van der Waals surface area contributed by atoms with Crippen LogP contribution in [0.1, 0.15) is 5.56 Å². The predicted molar refractivity (Wildman–Crippen MR) is 114 cm³/mol. The maximum atomic E-state index is 12.3. The fraction of sp³-hybridized carbons (Fsp3) is 0.0952. The van der Waals surface area contributed by atoms with E-state index in [9.17, 15) is 4.79 Å². The largest absolute Gasteiger partial charge is 0.314 e. The fourth-order valence-electron chi connectivity index (χ4n) is 2.84. The number of anilines is 1. The zero-order valence-corrected chi connectivity index (χ0v) is 16.5. The van der Waals surface area contributed by atoms with Gasteiger partial charge in [0.05, 0.1) is 28.4 Å². The van der Waals surface area contributed by atoms with Crippen molar-refractivity contribution in [1.29, 1.82) is 0 Å². The third-order valence-corrected chi connectivity index (χ3v) is 5.33. The summed E-state index contributed by atoms with van der Waals surface area (Å²) in [4.78, 5) is 21.1. The highest BCUT2D eigenvalue weighted by Crippen LogP contribution is 2.25. The molecule has 1 N–H and O–H groups in total. The maximum Gasteiger partial charge on any atom is 0.236 e. The van der Waals surface area contributed by atoms with Crippen molar-refractivity contribution in [2.45, 2.75) is 11.7 Å². The van der Waals surface area contributed by atoms with Gasteiger partial charge >= 0.3 is 0 Å². The third-order valence-electron chi connectivity index (χ3n) is 4.13. The van der Waals surface area contributed by atoms with Crippen molar-refractivity contribution < 1.29 is 4.79 Å². The van der Waals surface area contributed by atoms with Gasteiger partial charge in [0.15, 0.2) is 5.16 Å². The molecular weight excluding hydrogens is 392 g/mol. The van der Waals surface area contributed by atoms with Crippen molar-refractivity contribution in [2.24, 2.45) is 0 Å². The fourth-order valence-corrected chi connectivity index (χ4v) is 3.77. The minimum Gasteiger partial charge on any atom is -0.314 e. The molecule has 0 fully saturated rings. The number of nitrogens with zero attached hydrogens (tertiary/aromatic N) is 3. The number of carbonyl (C=O) groups is 1.